The number of benzene rings is 1. The number of fused-ring (bicyclic) bond motifs is 2. The van der Waals surface area contributed by atoms with E-state index < -0.39 is 0 Å². The molecule has 0 aliphatic carbocycles. The number of imidazole rings is 1. The molecule has 8 nitrogen and oxygen atoms in total. The van der Waals surface area contributed by atoms with Gasteiger partial charge in [0.15, 0.2) is 5.65 Å². The van der Waals surface area contributed by atoms with Crippen LogP contribution in [0.2, 0.25) is 0 Å². The molecule has 4 aromatic heterocycles. The van der Waals surface area contributed by atoms with Gasteiger partial charge in [0, 0.05) is 37.1 Å². The van der Waals surface area contributed by atoms with Gasteiger partial charge in [0.05, 0.1) is 5.69 Å². The van der Waals surface area contributed by atoms with Gasteiger partial charge in [-0.1, -0.05) is 12.1 Å². The average molecular weight is 426 g/mol. The molecule has 5 aromatic rings. The van der Waals surface area contributed by atoms with Crippen LogP contribution >= 0.6 is 0 Å². The zero-order chi connectivity index (χ0) is 21.9. The summed E-state index contributed by atoms with van der Waals surface area (Å²) in [6.45, 7) is 2.88. The predicted octanol–water partition coefficient (Wildman–Crippen LogP) is 3.24. The summed E-state index contributed by atoms with van der Waals surface area (Å²) in [5.74, 6) is 1.36. The van der Waals surface area contributed by atoms with Crippen LogP contribution in [0.5, 0.6) is 5.75 Å². The third-order valence-electron chi connectivity index (χ3n) is 5.17. The Kier molecular flexibility index (Phi) is 5.25. The SMILES string of the molecule is Cc1ccc2nc(COc3ccc(C(=O)NCCc4nnc5ccccn45)cc3)cn2c1. The summed E-state index contributed by atoms with van der Waals surface area (Å²) < 4.78 is 9.74. The van der Waals surface area contributed by atoms with Crippen molar-refractivity contribution in [3.63, 3.8) is 0 Å². The molecule has 0 saturated heterocycles. The molecule has 160 valence electrons. The van der Waals surface area contributed by atoms with Crippen LogP contribution in [0.25, 0.3) is 11.3 Å². The molecule has 0 aliphatic rings. The number of hydrogen-bond donors (Lipinski definition) is 1. The first-order valence-electron chi connectivity index (χ1n) is 10.4. The van der Waals surface area contributed by atoms with E-state index in [0.29, 0.717) is 30.9 Å². The molecule has 0 atom stereocenters. The number of carbonyl (C=O) groups is 1. The van der Waals surface area contributed by atoms with Crippen molar-refractivity contribution in [1.82, 2.24) is 29.3 Å². The standard InChI is InChI=1S/C24H22N6O2/c1-17-5-10-21-26-19(15-29(21)14-17)16-32-20-8-6-18(7-9-20)24(31)25-12-11-23-28-27-22-4-2-3-13-30(22)23/h2-10,13-15H,11-12,16H2,1H3,(H,25,31). The van der Waals surface area contributed by atoms with Crippen LogP contribution in [-0.4, -0.2) is 36.4 Å². The highest BCUT2D eigenvalue weighted by Gasteiger charge is 2.09. The quantitative estimate of drug-likeness (QED) is 0.432. The van der Waals surface area contributed by atoms with Gasteiger partial charge in [-0.15, -0.1) is 10.2 Å². The number of pyridine rings is 2. The number of rotatable bonds is 7. The highest BCUT2D eigenvalue weighted by atomic mass is 16.5. The van der Waals surface area contributed by atoms with Crippen LogP contribution < -0.4 is 10.1 Å². The third kappa shape index (κ3) is 4.15. The van der Waals surface area contributed by atoms with Crippen molar-refractivity contribution in [1.29, 1.82) is 0 Å². The summed E-state index contributed by atoms with van der Waals surface area (Å²) in [5, 5.41) is 11.2. The molecule has 0 saturated carbocycles. The fourth-order valence-electron chi connectivity index (χ4n) is 3.54. The Labute approximate surface area is 184 Å². The maximum Gasteiger partial charge on any atom is 0.251 e. The number of amides is 1. The van der Waals surface area contributed by atoms with Gasteiger partial charge >= 0.3 is 0 Å². The zero-order valence-corrected chi connectivity index (χ0v) is 17.6. The fraction of sp³-hybridized carbons (Fsp3) is 0.167. The van der Waals surface area contributed by atoms with Crippen molar-refractivity contribution in [2.75, 3.05) is 6.54 Å². The molecule has 1 aromatic carbocycles. The summed E-state index contributed by atoms with van der Waals surface area (Å²) >= 11 is 0. The summed E-state index contributed by atoms with van der Waals surface area (Å²) in [7, 11) is 0. The topological polar surface area (TPSA) is 85.8 Å². The average Bonchev–Trinajstić information content (AvgIpc) is 3.41. The third-order valence-corrected chi connectivity index (χ3v) is 5.17. The van der Waals surface area contributed by atoms with Gasteiger partial charge in [-0.05, 0) is 55.0 Å². The van der Waals surface area contributed by atoms with Crippen LogP contribution in [0.4, 0.5) is 0 Å². The molecule has 0 unspecified atom stereocenters. The first-order valence-corrected chi connectivity index (χ1v) is 10.4. The van der Waals surface area contributed by atoms with Gasteiger partial charge in [0.25, 0.3) is 5.91 Å². The van der Waals surface area contributed by atoms with Gasteiger partial charge < -0.3 is 14.5 Å². The van der Waals surface area contributed by atoms with Gasteiger partial charge in [0.2, 0.25) is 0 Å². The lowest BCUT2D eigenvalue weighted by molar-refractivity contribution is 0.0954. The Balaban J connectivity index is 1.14. The maximum absolute atomic E-state index is 12.4. The molecule has 5 rings (SSSR count). The van der Waals surface area contributed by atoms with Crippen molar-refractivity contribution in [3.05, 3.63) is 95.8 Å². The first kappa shape index (κ1) is 19.7. The van der Waals surface area contributed by atoms with E-state index in [1.807, 2.05) is 64.6 Å². The van der Waals surface area contributed by atoms with E-state index in [9.17, 15) is 4.79 Å². The minimum Gasteiger partial charge on any atom is -0.487 e. The second-order valence-corrected chi connectivity index (χ2v) is 7.57. The monoisotopic (exact) mass is 426 g/mol. The molecule has 1 amide bonds. The minimum absolute atomic E-state index is 0.138. The number of hydrogen-bond acceptors (Lipinski definition) is 5. The molecule has 1 N–H and O–H groups in total. The molecule has 0 radical (unpaired) electrons. The molecular formula is C24H22N6O2. The summed E-state index contributed by atoms with van der Waals surface area (Å²) in [6.07, 6.45) is 6.50. The maximum atomic E-state index is 12.4. The van der Waals surface area contributed by atoms with Crippen LogP contribution in [0.3, 0.4) is 0 Å². The van der Waals surface area contributed by atoms with Crippen molar-refractivity contribution in [3.8, 4) is 5.75 Å². The molecule has 4 heterocycles. The van der Waals surface area contributed by atoms with Crippen molar-refractivity contribution in [2.24, 2.45) is 0 Å². The molecule has 0 aliphatic heterocycles. The lowest BCUT2D eigenvalue weighted by Gasteiger charge is -2.07. The van der Waals surface area contributed by atoms with Gasteiger partial charge in [0.1, 0.15) is 23.8 Å². The Hall–Kier alpha value is -4.20. The van der Waals surface area contributed by atoms with Crippen molar-refractivity contribution >= 4 is 17.2 Å². The summed E-state index contributed by atoms with van der Waals surface area (Å²) in [6, 6.07) is 16.9. The largest absolute Gasteiger partial charge is 0.487 e. The van der Waals surface area contributed by atoms with Gasteiger partial charge in [-0.3, -0.25) is 9.20 Å². The number of aromatic nitrogens is 5. The molecule has 32 heavy (non-hydrogen) atoms. The molecular weight excluding hydrogens is 404 g/mol. The van der Waals surface area contributed by atoms with Gasteiger partial charge in [-0.25, -0.2) is 4.98 Å². The normalized spacial score (nSPS) is 11.2. The van der Waals surface area contributed by atoms with E-state index in [0.717, 1.165) is 22.8 Å². The van der Waals surface area contributed by atoms with Crippen LogP contribution in [-0.2, 0) is 13.0 Å². The Bertz CT molecular complexity index is 1390. The number of nitrogens with one attached hydrogen (secondary N) is 1. The molecule has 8 heteroatoms. The highest BCUT2D eigenvalue weighted by Crippen LogP contribution is 2.15. The van der Waals surface area contributed by atoms with Crippen LogP contribution in [0.1, 0.15) is 27.4 Å². The molecule has 0 fully saturated rings. The van der Waals surface area contributed by atoms with E-state index >= 15 is 0 Å². The Morgan fingerprint density at radius 2 is 1.88 bits per heavy atom. The smallest absolute Gasteiger partial charge is 0.251 e. The zero-order valence-electron chi connectivity index (χ0n) is 17.6. The minimum atomic E-state index is -0.138. The van der Waals surface area contributed by atoms with Crippen molar-refractivity contribution in [2.45, 2.75) is 20.0 Å². The van der Waals surface area contributed by atoms with E-state index in [1.54, 1.807) is 24.3 Å². The number of ether oxygens (including phenoxy) is 1. The van der Waals surface area contributed by atoms with Gasteiger partial charge in [-0.2, -0.15) is 0 Å². The highest BCUT2D eigenvalue weighted by molar-refractivity contribution is 5.94. The van der Waals surface area contributed by atoms with E-state index in [4.69, 9.17) is 4.74 Å². The molecule has 0 spiro atoms. The Morgan fingerprint density at radius 3 is 2.75 bits per heavy atom. The lowest BCUT2D eigenvalue weighted by Crippen LogP contribution is -2.26. The lowest BCUT2D eigenvalue weighted by atomic mass is 10.2. The summed E-state index contributed by atoms with van der Waals surface area (Å²) in [5.41, 5.74) is 4.28. The Morgan fingerprint density at radius 1 is 1.00 bits per heavy atom. The number of nitrogens with zero attached hydrogens (tertiary/aromatic N) is 5. The van der Waals surface area contributed by atoms with Crippen molar-refractivity contribution < 1.29 is 9.53 Å². The number of aryl methyl sites for hydroxylation is 1. The van der Waals surface area contributed by atoms with E-state index in [1.165, 1.54) is 5.56 Å². The molecule has 0 bridgehead atoms. The fourth-order valence-corrected chi connectivity index (χ4v) is 3.54. The van der Waals surface area contributed by atoms with E-state index in [2.05, 4.69) is 20.5 Å². The summed E-state index contributed by atoms with van der Waals surface area (Å²) in [4.78, 5) is 17.0. The second kappa shape index (κ2) is 8.50. The van der Waals surface area contributed by atoms with Crippen LogP contribution in [0.15, 0.2) is 73.2 Å². The van der Waals surface area contributed by atoms with E-state index in [-0.39, 0.29) is 5.91 Å². The number of carbonyl (C=O) groups excluding carboxylic acids is 1. The predicted molar refractivity (Wildman–Crippen MR) is 120 cm³/mol. The van der Waals surface area contributed by atoms with Crippen LogP contribution in [0, 0.1) is 6.92 Å². The second-order valence-electron chi connectivity index (χ2n) is 7.57. The first-order chi connectivity index (χ1) is 15.7.